The van der Waals surface area contributed by atoms with Crippen LogP contribution in [0.2, 0.25) is 0 Å². The quantitative estimate of drug-likeness (QED) is 0.670. The van der Waals surface area contributed by atoms with Crippen molar-refractivity contribution in [3.8, 4) is 0 Å². The predicted octanol–water partition coefficient (Wildman–Crippen LogP) is 3.51. The van der Waals surface area contributed by atoms with Crippen LogP contribution in [0.4, 0.5) is 5.69 Å². The number of amides is 1. The first-order chi connectivity index (χ1) is 14.3. The molecule has 1 aliphatic rings. The van der Waals surface area contributed by atoms with Crippen molar-refractivity contribution in [2.45, 2.75) is 40.0 Å². The molecular weight excluding hydrogens is 380 g/mol. The Balaban J connectivity index is 1.57. The Labute approximate surface area is 175 Å². The second kappa shape index (κ2) is 7.89. The van der Waals surface area contributed by atoms with Crippen molar-refractivity contribution in [2.24, 2.45) is 13.0 Å². The molecule has 0 radical (unpaired) electrons. The summed E-state index contributed by atoms with van der Waals surface area (Å²) in [4.78, 5) is 30.3. The van der Waals surface area contributed by atoms with Gasteiger partial charge in [0.1, 0.15) is 0 Å². The van der Waals surface area contributed by atoms with Crippen LogP contribution in [0.5, 0.6) is 0 Å². The first-order valence-electron chi connectivity index (χ1n) is 10.2. The summed E-state index contributed by atoms with van der Waals surface area (Å²) in [5.74, 6) is -0.385. The molecule has 1 atom stereocenters. The highest BCUT2D eigenvalue weighted by Gasteiger charge is 2.26. The van der Waals surface area contributed by atoms with Crippen molar-refractivity contribution in [1.29, 1.82) is 0 Å². The fourth-order valence-electron chi connectivity index (χ4n) is 4.13. The van der Waals surface area contributed by atoms with Crippen LogP contribution >= 0.6 is 0 Å². The second-order valence-electron chi connectivity index (χ2n) is 8.07. The number of pyridine rings is 1. The van der Waals surface area contributed by atoms with Gasteiger partial charge in [-0.05, 0) is 50.7 Å². The van der Waals surface area contributed by atoms with Crippen molar-refractivity contribution in [3.05, 3.63) is 52.5 Å². The summed E-state index contributed by atoms with van der Waals surface area (Å²) in [5.41, 5.74) is 5.46. The monoisotopic (exact) mass is 406 g/mol. The van der Waals surface area contributed by atoms with Gasteiger partial charge in [0.2, 0.25) is 0 Å². The summed E-state index contributed by atoms with van der Waals surface area (Å²) >= 11 is 0. The minimum absolute atomic E-state index is 0.354. The molecule has 0 aliphatic heterocycles. The average Bonchev–Trinajstić information content (AvgIpc) is 2.96. The van der Waals surface area contributed by atoms with E-state index in [0.717, 1.165) is 52.8 Å². The van der Waals surface area contributed by atoms with Gasteiger partial charge in [-0.1, -0.05) is 25.1 Å². The van der Waals surface area contributed by atoms with E-state index in [1.165, 1.54) is 0 Å². The third-order valence-corrected chi connectivity index (χ3v) is 5.82. The van der Waals surface area contributed by atoms with Gasteiger partial charge < -0.3 is 10.1 Å². The summed E-state index contributed by atoms with van der Waals surface area (Å²) in [5, 5.41) is 7.86. The molecule has 0 saturated heterocycles. The lowest BCUT2D eigenvalue weighted by Crippen LogP contribution is -2.24. The first-order valence-corrected chi connectivity index (χ1v) is 10.2. The number of hydrogen-bond donors (Lipinski definition) is 1. The Hall–Kier alpha value is -3.22. The number of benzene rings is 1. The second-order valence-corrected chi connectivity index (χ2v) is 8.07. The molecule has 0 spiro atoms. The molecule has 7 heteroatoms. The lowest BCUT2D eigenvalue weighted by molar-refractivity contribution is -0.119. The highest BCUT2D eigenvalue weighted by Crippen LogP contribution is 2.32. The smallest absolute Gasteiger partial charge is 0.339 e. The number of esters is 1. The van der Waals surface area contributed by atoms with Crippen molar-refractivity contribution >= 4 is 28.5 Å². The van der Waals surface area contributed by atoms with E-state index < -0.39 is 5.97 Å². The number of carbonyl (C=O) groups is 2. The number of aryl methyl sites for hydroxylation is 3. The largest absolute Gasteiger partial charge is 0.452 e. The van der Waals surface area contributed by atoms with E-state index in [-0.39, 0.29) is 12.5 Å². The van der Waals surface area contributed by atoms with E-state index in [1.807, 2.05) is 45.2 Å². The number of para-hydroxylation sites is 1. The third-order valence-electron chi connectivity index (χ3n) is 5.82. The fraction of sp³-hybridized carbons (Fsp3) is 0.391. The molecule has 1 N–H and O–H groups in total. The summed E-state index contributed by atoms with van der Waals surface area (Å²) < 4.78 is 7.15. The fourth-order valence-corrected chi connectivity index (χ4v) is 4.13. The summed E-state index contributed by atoms with van der Waals surface area (Å²) in [6.45, 7) is 5.52. The molecule has 2 aromatic heterocycles. The van der Waals surface area contributed by atoms with Crippen LogP contribution in [0, 0.1) is 19.8 Å². The number of fused-ring (bicyclic) bond motifs is 2. The van der Waals surface area contributed by atoms with E-state index in [9.17, 15) is 9.59 Å². The van der Waals surface area contributed by atoms with Crippen LogP contribution in [-0.4, -0.2) is 33.2 Å². The molecule has 0 fully saturated rings. The number of ether oxygens (including phenoxy) is 1. The van der Waals surface area contributed by atoms with Crippen LogP contribution in [0.25, 0.3) is 10.9 Å². The van der Waals surface area contributed by atoms with E-state index in [1.54, 1.807) is 4.68 Å². The molecule has 156 valence electrons. The Morgan fingerprint density at radius 3 is 2.77 bits per heavy atom. The highest BCUT2D eigenvalue weighted by atomic mass is 16.5. The molecule has 1 amide bonds. The molecule has 7 nitrogen and oxygen atoms in total. The Morgan fingerprint density at radius 1 is 1.27 bits per heavy atom. The van der Waals surface area contributed by atoms with Crippen LogP contribution in [0.1, 0.15) is 46.3 Å². The summed E-state index contributed by atoms with van der Waals surface area (Å²) in [6, 6.07) is 7.60. The third kappa shape index (κ3) is 3.67. The minimum Gasteiger partial charge on any atom is -0.452 e. The van der Waals surface area contributed by atoms with Gasteiger partial charge in [0, 0.05) is 18.1 Å². The molecule has 1 aromatic carbocycles. The van der Waals surface area contributed by atoms with Crippen LogP contribution < -0.4 is 5.32 Å². The van der Waals surface area contributed by atoms with Crippen molar-refractivity contribution in [2.75, 3.05) is 11.9 Å². The van der Waals surface area contributed by atoms with Gasteiger partial charge in [-0.3, -0.25) is 14.5 Å². The number of carbonyl (C=O) groups excluding carboxylic acids is 2. The maximum absolute atomic E-state index is 13.1. The zero-order chi connectivity index (χ0) is 21.4. The van der Waals surface area contributed by atoms with Crippen molar-refractivity contribution < 1.29 is 14.3 Å². The zero-order valence-corrected chi connectivity index (χ0v) is 17.8. The highest BCUT2D eigenvalue weighted by molar-refractivity contribution is 6.06. The molecule has 0 bridgehead atoms. The predicted molar refractivity (Wildman–Crippen MR) is 115 cm³/mol. The molecule has 30 heavy (non-hydrogen) atoms. The van der Waals surface area contributed by atoms with Gasteiger partial charge in [0.05, 0.1) is 28.2 Å². The van der Waals surface area contributed by atoms with E-state index in [4.69, 9.17) is 9.72 Å². The normalized spacial score (nSPS) is 15.7. The number of nitrogens with zero attached hydrogens (tertiary/aromatic N) is 3. The van der Waals surface area contributed by atoms with Crippen molar-refractivity contribution in [3.63, 3.8) is 0 Å². The summed E-state index contributed by atoms with van der Waals surface area (Å²) in [6.07, 6.45) is 2.69. The standard InChI is InChI=1S/C23H26N4O3/c1-13-9-10-19-17(11-13)21(16-7-5-6-8-18(16)24-19)23(29)30-12-20(28)25-22-14(2)26-27(4)15(22)3/h5-8,13H,9-12H2,1-4H3,(H,25,28)/t13-/m0/s1. The van der Waals surface area contributed by atoms with Crippen molar-refractivity contribution in [1.82, 2.24) is 14.8 Å². The van der Waals surface area contributed by atoms with Gasteiger partial charge in [0.25, 0.3) is 5.91 Å². The lowest BCUT2D eigenvalue weighted by Gasteiger charge is -2.24. The molecular formula is C23H26N4O3. The van der Waals surface area contributed by atoms with Gasteiger partial charge >= 0.3 is 5.97 Å². The number of rotatable bonds is 4. The number of anilines is 1. The maximum atomic E-state index is 13.1. The Bertz CT molecular complexity index is 1150. The Kier molecular flexibility index (Phi) is 5.28. The van der Waals surface area contributed by atoms with Gasteiger partial charge in [-0.15, -0.1) is 0 Å². The number of hydrogen-bond acceptors (Lipinski definition) is 5. The van der Waals surface area contributed by atoms with Crippen LogP contribution in [0.3, 0.4) is 0 Å². The molecule has 1 aliphatic carbocycles. The minimum atomic E-state index is -0.478. The van der Waals surface area contributed by atoms with Gasteiger partial charge in [-0.2, -0.15) is 5.10 Å². The zero-order valence-electron chi connectivity index (χ0n) is 17.8. The van der Waals surface area contributed by atoms with Crippen LogP contribution in [-0.2, 0) is 29.4 Å². The van der Waals surface area contributed by atoms with E-state index in [2.05, 4.69) is 17.3 Å². The topological polar surface area (TPSA) is 86.1 Å². The SMILES string of the molecule is Cc1nn(C)c(C)c1NC(=O)COC(=O)c1c2c(nc3ccccc13)CC[C@H](C)C2. The molecule has 4 rings (SSSR count). The molecule has 2 heterocycles. The van der Waals surface area contributed by atoms with E-state index >= 15 is 0 Å². The summed E-state index contributed by atoms with van der Waals surface area (Å²) in [7, 11) is 1.82. The average molecular weight is 406 g/mol. The molecule has 0 unspecified atom stereocenters. The van der Waals surface area contributed by atoms with Crippen LogP contribution in [0.15, 0.2) is 24.3 Å². The van der Waals surface area contributed by atoms with Gasteiger partial charge in [-0.25, -0.2) is 4.79 Å². The number of nitrogens with one attached hydrogen (secondary N) is 1. The molecule has 0 saturated carbocycles. The van der Waals surface area contributed by atoms with Gasteiger partial charge in [0.15, 0.2) is 6.61 Å². The first kappa shape index (κ1) is 20.1. The maximum Gasteiger partial charge on any atom is 0.339 e. The lowest BCUT2D eigenvalue weighted by atomic mass is 9.84. The molecule has 3 aromatic rings. The number of aromatic nitrogens is 3. The van der Waals surface area contributed by atoms with E-state index in [0.29, 0.717) is 17.2 Å². The Morgan fingerprint density at radius 2 is 2.03 bits per heavy atom.